The van der Waals surface area contributed by atoms with E-state index >= 15 is 0 Å². The molecule has 0 atom stereocenters. The Kier molecular flexibility index (Phi) is 3.31. The van der Waals surface area contributed by atoms with Gasteiger partial charge in [0, 0.05) is 35.1 Å². The van der Waals surface area contributed by atoms with Crippen LogP contribution in [0.4, 0.5) is 10.3 Å². The normalized spacial score (nSPS) is 11.4. The molecule has 6 heteroatoms. The van der Waals surface area contributed by atoms with Crippen molar-refractivity contribution < 1.29 is 0 Å². The quantitative estimate of drug-likeness (QED) is 0.859. The minimum atomic E-state index is 0.885. The van der Waals surface area contributed by atoms with Gasteiger partial charge in [0.1, 0.15) is 0 Å². The van der Waals surface area contributed by atoms with Gasteiger partial charge >= 0.3 is 0 Å². The molecular formula is C9H10N4S2. The van der Waals surface area contributed by atoms with Gasteiger partial charge in [0.15, 0.2) is 10.3 Å². The molecule has 0 amide bonds. The SMILES string of the molecule is C/C(=C\Nc1nccs1)Nc1nccs1. The number of thiazole rings is 2. The smallest absolute Gasteiger partial charge is 0.186 e. The molecule has 15 heavy (non-hydrogen) atoms. The summed E-state index contributed by atoms with van der Waals surface area (Å²) in [6.07, 6.45) is 5.42. The number of rotatable bonds is 4. The Bertz CT molecular complexity index is 419. The van der Waals surface area contributed by atoms with Gasteiger partial charge in [-0.3, -0.25) is 0 Å². The lowest BCUT2D eigenvalue weighted by atomic mass is 10.5. The van der Waals surface area contributed by atoms with E-state index in [4.69, 9.17) is 0 Å². The first kappa shape index (κ1) is 10.1. The van der Waals surface area contributed by atoms with Crippen LogP contribution in [0.3, 0.4) is 0 Å². The average Bonchev–Trinajstić information content (AvgIpc) is 2.86. The van der Waals surface area contributed by atoms with Crippen LogP contribution >= 0.6 is 22.7 Å². The van der Waals surface area contributed by atoms with Crippen LogP contribution in [-0.4, -0.2) is 9.97 Å². The molecule has 2 N–H and O–H groups in total. The lowest BCUT2D eigenvalue weighted by molar-refractivity contribution is 1.29. The molecular weight excluding hydrogens is 228 g/mol. The van der Waals surface area contributed by atoms with E-state index in [0.717, 1.165) is 16.0 Å². The second kappa shape index (κ2) is 4.90. The standard InChI is InChI=1S/C9H10N4S2/c1-7(13-9-11-3-5-15-9)6-12-8-10-2-4-14-8/h2-6H,1H3,(H,10,12)(H,11,13)/b7-6+. The summed E-state index contributed by atoms with van der Waals surface area (Å²) in [5.74, 6) is 0. The number of nitrogens with one attached hydrogen (secondary N) is 2. The molecule has 2 rings (SSSR count). The minimum Gasteiger partial charge on any atom is -0.336 e. The Labute approximate surface area is 95.7 Å². The van der Waals surface area contributed by atoms with Crippen molar-refractivity contribution in [2.45, 2.75) is 6.92 Å². The van der Waals surface area contributed by atoms with Gasteiger partial charge in [-0.15, -0.1) is 22.7 Å². The summed E-state index contributed by atoms with van der Waals surface area (Å²) in [6, 6.07) is 0. The summed E-state index contributed by atoms with van der Waals surface area (Å²) in [6.45, 7) is 1.97. The zero-order valence-corrected chi connectivity index (χ0v) is 9.73. The summed E-state index contributed by atoms with van der Waals surface area (Å²) in [4.78, 5) is 8.23. The highest BCUT2D eigenvalue weighted by atomic mass is 32.1. The Morgan fingerprint density at radius 2 is 1.87 bits per heavy atom. The van der Waals surface area contributed by atoms with Crippen molar-refractivity contribution in [3.63, 3.8) is 0 Å². The second-order valence-electron chi connectivity index (χ2n) is 2.77. The molecule has 4 nitrogen and oxygen atoms in total. The van der Waals surface area contributed by atoms with Crippen LogP contribution < -0.4 is 10.6 Å². The fraction of sp³-hybridized carbons (Fsp3) is 0.111. The molecule has 2 aromatic heterocycles. The maximum atomic E-state index is 4.13. The fourth-order valence-electron chi connectivity index (χ4n) is 0.955. The minimum absolute atomic E-state index is 0.885. The summed E-state index contributed by atoms with van der Waals surface area (Å²) in [7, 11) is 0. The summed E-state index contributed by atoms with van der Waals surface area (Å²) in [5, 5.41) is 11.9. The van der Waals surface area contributed by atoms with Gasteiger partial charge in [0.05, 0.1) is 0 Å². The van der Waals surface area contributed by atoms with Crippen LogP contribution in [-0.2, 0) is 0 Å². The van der Waals surface area contributed by atoms with Crippen LogP contribution in [0.15, 0.2) is 35.1 Å². The van der Waals surface area contributed by atoms with E-state index in [1.165, 1.54) is 0 Å². The number of anilines is 2. The van der Waals surface area contributed by atoms with E-state index in [2.05, 4.69) is 20.6 Å². The van der Waals surface area contributed by atoms with Crippen molar-refractivity contribution >= 4 is 32.9 Å². The molecule has 0 fully saturated rings. The molecule has 78 valence electrons. The van der Waals surface area contributed by atoms with E-state index in [1.54, 1.807) is 35.1 Å². The first-order valence-corrected chi connectivity index (χ1v) is 6.10. The number of nitrogens with zero attached hydrogens (tertiary/aromatic N) is 2. The van der Waals surface area contributed by atoms with Gasteiger partial charge in [-0.25, -0.2) is 9.97 Å². The molecule has 0 radical (unpaired) electrons. The second-order valence-corrected chi connectivity index (χ2v) is 4.56. The van der Waals surface area contributed by atoms with Crippen LogP contribution in [0.2, 0.25) is 0 Å². The molecule has 0 spiro atoms. The van der Waals surface area contributed by atoms with E-state index in [0.29, 0.717) is 0 Å². The van der Waals surface area contributed by atoms with Crippen molar-refractivity contribution in [2.24, 2.45) is 0 Å². The zero-order chi connectivity index (χ0) is 10.5. The Morgan fingerprint density at radius 1 is 1.20 bits per heavy atom. The molecule has 0 aliphatic heterocycles. The average molecular weight is 238 g/mol. The fourth-order valence-corrected chi connectivity index (χ4v) is 2.05. The van der Waals surface area contributed by atoms with Gasteiger partial charge in [0.2, 0.25) is 0 Å². The predicted octanol–water partition coefficient (Wildman–Crippen LogP) is 2.98. The van der Waals surface area contributed by atoms with E-state index in [9.17, 15) is 0 Å². The highest BCUT2D eigenvalue weighted by Gasteiger charge is 1.95. The zero-order valence-electron chi connectivity index (χ0n) is 8.10. The van der Waals surface area contributed by atoms with Crippen molar-refractivity contribution in [3.8, 4) is 0 Å². The maximum Gasteiger partial charge on any atom is 0.186 e. The third-order valence-corrected chi connectivity index (χ3v) is 2.97. The molecule has 0 unspecified atom stereocenters. The van der Waals surface area contributed by atoms with E-state index in [1.807, 2.05) is 23.9 Å². The molecule has 0 saturated heterocycles. The van der Waals surface area contributed by atoms with Crippen molar-refractivity contribution in [1.82, 2.24) is 9.97 Å². The van der Waals surface area contributed by atoms with Crippen LogP contribution in [0.25, 0.3) is 0 Å². The number of aromatic nitrogens is 2. The highest BCUT2D eigenvalue weighted by Crippen LogP contribution is 2.14. The Hall–Kier alpha value is -1.40. The lowest BCUT2D eigenvalue weighted by Gasteiger charge is -2.02. The topological polar surface area (TPSA) is 49.8 Å². The van der Waals surface area contributed by atoms with Crippen LogP contribution in [0.1, 0.15) is 6.92 Å². The van der Waals surface area contributed by atoms with Gasteiger partial charge in [-0.2, -0.15) is 0 Å². The third kappa shape index (κ3) is 3.03. The van der Waals surface area contributed by atoms with Gasteiger partial charge in [0.25, 0.3) is 0 Å². The molecule has 0 aromatic carbocycles. The van der Waals surface area contributed by atoms with Gasteiger partial charge in [-0.05, 0) is 6.92 Å². The summed E-state index contributed by atoms with van der Waals surface area (Å²) < 4.78 is 0. The third-order valence-electron chi connectivity index (χ3n) is 1.58. The molecule has 0 bridgehead atoms. The Morgan fingerprint density at radius 3 is 2.47 bits per heavy atom. The van der Waals surface area contributed by atoms with E-state index < -0.39 is 0 Å². The molecule has 2 heterocycles. The molecule has 0 saturated carbocycles. The Balaban J connectivity index is 1.90. The molecule has 2 aromatic rings. The van der Waals surface area contributed by atoms with Crippen molar-refractivity contribution in [1.29, 1.82) is 0 Å². The van der Waals surface area contributed by atoms with Crippen LogP contribution in [0, 0.1) is 0 Å². The van der Waals surface area contributed by atoms with Crippen LogP contribution in [0.5, 0.6) is 0 Å². The summed E-state index contributed by atoms with van der Waals surface area (Å²) in [5.41, 5.74) is 1.00. The first-order chi connectivity index (χ1) is 7.34. The molecule has 0 aliphatic rings. The first-order valence-electron chi connectivity index (χ1n) is 4.34. The lowest BCUT2D eigenvalue weighted by Crippen LogP contribution is -1.98. The van der Waals surface area contributed by atoms with Crippen molar-refractivity contribution in [2.75, 3.05) is 10.6 Å². The monoisotopic (exact) mass is 238 g/mol. The predicted molar refractivity (Wildman–Crippen MR) is 65.2 cm³/mol. The van der Waals surface area contributed by atoms with Gasteiger partial charge in [-0.1, -0.05) is 0 Å². The summed E-state index contributed by atoms with van der Waals surface area (Å²) >= 11 is 3.14. The number of hydrogen-bond acceptors (Lipinski definition) is 6. The highest BCUT2D eigenvalue weighted by molar-refractivity contribution is 7.13. The molecule has 0 aliphatic carbocycles. The number of hydrogen-bond donors (Lipinski definition) is 2. The van der Waals surface area contributed by atoms with Gasteiger partial charge < -0.3 is 10.6 Å². The van der Waals surface area contributed by atoms with E-state index in [-0.39, 0.29) is 0 Å². The number of allylic oxidation sites excluding steroid dienone is 1. The largest absolute Gasteiger partial charge is 0.336 e. The maximum absolute atomic E-state index is 4.13. The van der Waals surface area contributed by atoms with Crippen molar-refractivity contribution in [3.05, 3.63) is 35.1 Å².